The minimum absolute atomic E-state index is 0.143. The first kappa shape index (κ1) is 13.4. The molecule has 0 aliphatic heterocycles. The van der Waals surface area contributed by atoms with Crippen LogP contribution in [0.1, 0.15) is 37.7 Å². The fourth-order valence-corrected chi connectivity index (χ4v) is 4.22. The van der Waals surface area contributed by atoms with E-state index >= 15 is 0 Å². The van der Waals surface area contributed by atoms with Crippen molar-refractivity contribution in [3.05, 3.63) is 34.6 Å². The van der Waals surface area contributed by atoms with Gasteiger partial charge in [-0.25, -0.2) is 4.39 Å². The van der Waals surface area contributed by atoms with Crippen molar-refractivity contribution in [1.29, 1.82) is 0 Å². The molecule has 2 fully saturated rings. The summed E-state index contributed by atoms with van der Waals surface area (Å²) in [7, 11) is 0. The molecule has 0 radical (unpaired) electrons. The van der Waals surface area contributed by atoms with Crippen LogP contribution in [-0.2, 0) is 6.42 Å². The van der Waals surface area contributed by atoms with Crippen LogP contribution in [0.15, 0.2) is 18.2 Å². The number of benzene rings is 1. The third kappa shape index (κ3) is 2.95. The highest BCUT2D eigenvalue weighted by molar-refractivity contribution is 6.30. The van der Waals surface area contributed by atoms with Crippen molar-refractivity contribution < 1.29 is 4.39 Å². The van der Waals surface area contributed by atoms with E-state index in [2.05, 4.69) is 0 Å². The largest absolute Gasteiger partial charge is 0.327 e. The topological polar surface area (TPSA) is 26.0 Å². The molecule has 0 aromatic heterocycles. The predicted octanol–water partition coefficient (Wildman–Crippen LogP) is 4.18. The summed E-state index contributed by atoms with van der Waals surface area (Å²) in [4.78, 5) is 0. The van der Waals surface area contributed by atoms with Gasteiger partial charge in [-0.3, -0.25) is 0 Å². The summed E-state index contributed by atoms with van der Waals surface area (Å²) in [6.07, 6.45) is 7.46. The van der Waals surface area contributed by atoms with E-state index in [0.29, 0.717) is 0 Å². The van der Waals surface area contributed by atoms with Gasteiger partial charge in [0.15, 0.2) is 0 Å². The van der Waals surface area contributed by atoms with Crippen LogP contribution >= 0.6 is 11.6 Å². The van der Waals surface area contributed by atoms with E-state index in [9.17, 15) is 4.39 Å². The Labute approximate surface area is 119 Å². The van der Waals surface area contributed by atoms with Crippen LogP contribution in [0, 0.1) is 23.6 Å². The van der Waals surface area contributed by atoms with E-state index in [1.54, 1.807) is 6.07 Å². The van der Waals surface area contributed by atoms with Gasteiger partial charge in [-0.1, -0.05) is 24.1 Å². The summed E-state index contributed by atoms with van der Waals surface area (Å²) in [6, 6.07) is 5.16. The van der Waals surface area contributed by atoms with Gasteiger partial charge in [-0.2, -0.15) is 0 Å². The lowest BCUT2D eigenvalue weighted by Gasteiger charge is -2.24. The maximum absolute atomic E-state index is 13.4. The third-order valence-corrected chi connectivity index (χ3v) is 5.28. The molecule has 4 unspecified atom stereocenters. The molecule has 3 heteroatoms. The van der Waals surface area contributed by atoms with Crippen LogP contribution in [0.2, 0.25) is 5.02 Å². The van der Waals surface area contributed by atoms with Gasteiger partial charge in [0, 0.05) is 6.04 Å². The first-order chi connectivity index (χ1) is 9.11. The number of rotatable bonds is 4. The van der Waals surface area contributed by atoms with Crippen molar-refractivity contribution in [1.82, 2.24) is 0 Å². The highest BCUT2D eigenvalue weighted by Crippen LogP contribution is 2.49. The fourth-order valence-electron chi connectivity index (χ4n) is 4.11. The molecule has 0 amide bonds. The van der Waals surface area contributed by atoms with E-state index < -0.39 is 0 Å². The number of fused-ring (bicyclic) bond motifs is 2. The number of halogens is 2. The van der Waals surface area contributed by atoms with Crippen LogP contribution in [0.25, 0.3) is 0 Å². The lowest BCUT2D eigenvalue weighted by Crippen LogP contribution is -2.28. The number of hydrogen-bond acceptors (Lipinski definition) is 1. The molecule has 2 bridgehead atoms. The van der Waals surface area contributed by atoms with Gasteiger partial charge in [0.1, 0.15) is 5.82 Å². The van der Waals surface area contributed by atoms with E-state index in [4.69, 9.17) is 17.3 Å². The van der Waals surface area contributed by atoms with Gasteiger partial charge < -0.3 is 5.73 Å². The Bertz CT molecular complexity index is 462. The molecule has 0 spiro atoms. The van der Waals surface area contributed by atoms with Crippen LogP contribution in [0.4, 0.5) is 4.39 Å². The molecule has 2 aliphatic carbocycles. The molecule has 4 atom stereocenters. The molecule has 3 rings (SSSR count). The van der Waals surface area contributed by atoms with E-state index in [0.717, 1.165) is 36.2 Å². The Morgan fingerprint density at radius 3 is 2.79 bits per heavy atom. The molecule has 1 aromatic carbocycles. The van der Waals surface area contributed by atoms with Crippen molar-refractivity contribution in [2.45, 2.75) is 44.6 Å². The minimum atomic E-state index is -0.341. The Morgan fingerprint density at radius 1 is 1.32 bits per heavy atom. The SMILES string of the molecule is NC(Cc1ccc(Cl)c(F)c1)CC1CC2CCC1C2. The van der Waals surface area contributed by atoms with Crippen molar-refractivity contribution in [3.8, 4) is 0 Å². The molecule has 1 aromatic rings. The summed E-state index contributed by atoms with van der Waals surface area (Å²) in [5.41, 5.74) is 7.21. The average Bonchev–Trinajstić information content (AvgIpc) is 2.96. The Hall–Kier alpha value is -0.600. The molecular formula is C16H21ClFN. The maximum Gasteiger partial charge on any atom is 0.142 e. The fraction of sp³-hybridized carbons (Fsp3) is 0.625. The molecular weight excluding hydrogens is 261 g/mol. The quantitative estimate of drug-likeness (QED) is 0.880. The highest BCUT2D eigenvalue weighted by atomic mass is 35.5. The Kier molecular flexibility index (Phi) is 3.81. The predicted molar refractivity (Wildman–Crippen MR) is 76.6 cm³/mol. The molecule has 1 nitrogen and oxygen atoms in total. The van der Waals surface area contributed by atoms with E-state index in [-0.39, 0.29) is 16.9 Å². The van der Waals surface area contributed by atoms with Crippen LogP contribution in [-0.4, -0.2) is 6.04 Å². The van der Waals surface area contributed by atoms with Gasteiger partial charge in [0.25, 0.3) is 0 Å². The summed E-state index contributed by atoms with van der Waals surface area (Å²) < 4.78 is 13.4. The lowest BCUT2D eigenvalue weighted by atomic mass is 9.83. The normalized spacial score (nSPS) is 30.8. The second kappa shape index (κ2) is 5.41. The summed E-state index contributed by atoms with van der Waals surface area (Å²) in [6.45, 7) is 0. The van der Waals surface area contributed by atoms with Gasteiger partial charge in [-0.15, -0.1) is 0 Å². The summed E-state index contributed by atoms with van der Waals surface area (Å²) in [5, 5.41) is 0.186. The van der Waals surface area contributed by atoms with Gasteiger partial charge in [-0.05, 0) is 67.6 Å². The first-order valence-corrected chi connectivity index (χ1v) is 7.69. The molecule has 0 saturated heterocycles. The lowest BCUT2D eigenvalue weighted by molar-refractivity contribution is 0.294. The standard InChI is InChI=1S/C16H21ClFN/c17-15-4-2-11(8-16(15)18)7-14(19)9-13-6-10-1-3-12(13)5-10/h2,4,8,10,12-14H,1,3,5-7,9,19H2. The second-order valence-electron chi connectivity index (χ2n) is 6.38. The maximum atomic E-state index is 13.4. The van der Waals surface area contributed by atoms with Crippen LogP contribution < -0.4 is 5.73 Å². The van der Waals surface area contributed by atoms with Gasteiger partial charge >= 0.3 is 0 Å². The average molecular weight is 282 g/mol. The van der Waals surface area contributed by atoms with E-state index in [1.807, 2.05) is 6.07 Å². The second-order valence-corrected chi connectivity index (χ2v) is 6.79. The molecule has 2 N–H and O–H groups in total. The minimum Gasteiger partial charge on any atom is -0.327 e. The molecule has 104 valence electrons. The number of hydrogen-bond donors (Lipinski definition) is 1. The highest BCUT2D eigenvalue weighted by Gasteiger charge is 2.39. The summed E-state index contributed by atoms with van der Waals surface area (Å²) in [5.74, 6) is 2.35. The summed E-state index contributed by atoms with van der Waals surface area (Å²) >= 11 is 5.69. The first-order valence-electron chi connectivity index (χ1n) is 7.31. The zero-order chi connectivity index (χ0) is 13.4. The van der Waals surface area contributed by atoms with Crippen molar-refractivity contribution in [2.24, 2.45) is 23.5 Å². The van der Waals surface area contributed by atoms with Crippen molar-refractivity contribution in [3.63, 3.8) is 0 Å². The van der Waals surface area contributed by atoms with Crippen molar-refractivity contribution >= 4 is 11.6 Å². The van der Waals surface area contributed by atoms with Crippen LogP contribution in [0.5, 0.6) is 0 Å². The Balaban J connectivity index is 1.56. The monoisotopic (exact) mass is 281 g/mol. The number of nitrogens with two attached hydrogens (primary N) is 1. The zero-order valence-electron chi connectivity index (χ0n) is 11.1. The van der Waals surface area contributed by atoms with Crippen molar-refractivity contribution in [2.75, 3.05) is 0 Å². The van der Waals surface area contributed by atoms with E-state index in [1.165, 1.54) is 31.7 Å². The van der Waals surface area contributed by atoms with Gasteiger partial charge in [0.05, 0.1) is 5.02 Å². The molecule has 2 saturated carbocycles. The Morgan fingerprint density at radius 2 is 2.16 bits per heavy atom. The smallest absolute Gasteiger partial charge is 0.142 e. The third-order valence-electron chi connectivity index (χ3n) is 4.97. The van der Waals surface area contributed by atoms with Crippen LogP contribution in [0.3, 0.4) is 0 Å². The molecule has 0 heterocycles. The molecule has 19 heavy (non-hydrogen) atoms. The molecule has 2 aliphatic rings. The zero-order valence-corrected chi connectivity index (χ0v) is 11.9. The van der Waals surface area contributed by atoms with Gasteiger partial charge in [0.2, 0.25) is 0 Å².